The van der Waals surface area contributed by atoms with E-state index >= 15 is 0 Å². The highest BCUT2D eigenvalue weighted by molar-refractivity contribution is 7.98. The van der Waals surface area contributed by atoms with Crippen molar-refractivity contribution in [2.75, 3.05) is 5.75 Å². The van der Waals surface area contributed by atoms with E-state index < -0.39 is 0 Å². The Balaban J connectivity index is 2.51. The number of aromatic nitrogens is 1. The first-order chi connectivity index (χ1) is 6.54. The van der Waals surface area contributed by atoms with Crippen molar-refractivity contribution in [3.8, 4) is 0 Å². The maximum absolute atomic E-state index is 5.99. The fourth-order valence-electron chi connectivity index (χ4n) is 0.979. The molecule has 0 spiro atoms. The van der Waals surface area contributed by atoms with E-state index in [1.165, 1.54) is 22.1 Å². The van der Waals surface area contributed by atoms with Gasteiger partial charge in [0.25, 0.3) is 0 Å². The lowest BCUT2D eigenvalue weighted by Crippen LogP contribution is -2.27. The van der Waals surface area contributed by atoms with E-state index in [-0.39, 0.29) is 5.54 Å². The summed E-state index contributed by atoms with van der Waals surface area (Å²) in [6, 6.07) is 0. The molecule has 0 saturated heterocycles. The van der Waals surface area contributed by atoms with Gasteiger partial charge in [0.2, 0.25) is 0 Å². The van der Waals surface area contributed by atoms with E-state index in [1.807, 2.05) is 31.8 Å². The van der Waals surface area contributed by atoms with Gasteiger partial charge in [-0.15, -0.1) is 11.3 Å². The van der Waals surface area contributed by atoms with Crippen LogP contribution in [-0.2, 0) is 11.3 Å². The molecule has 80 valence electrons. The average molecular weight is 230 g/mol. The van der Waals surface area contributed by atoms with E-state index in [0.29, 0.717) is 0 Å². The Morgan fingerprint density at radius 1 is 1.57 bits per heavy atom. The predicted molar refractivity (Wildman–Crippen MR) is 65.8 cm³/mol. The molecule has 4 heteroatoms. The van der Waals surface area contributed by atoms with Gasteiger partial charge in [-0.25, -0.2) is 4.98 Å². The molecular weight excluding hydrogens is 212 g/mol. The van der Waals surface area contributed by atoms with E-state index in [2.05, 4.69) is 11.9 Å². The Labute approximate surface area is 94.3 Å². The van der Waals surface area contributed by atoms with Crippen LogP contribution < -0.4 is 5.73 Å². The first kappa shape index (κ1) is 12.0. The van der Waals surface area contributed by atoms with Crippen LogP contribution in [0.3, 0.4) is 0 Å². The van der Waals surface area contributed by atoms with Crippen LogP contribution in [0, 0.1) is 0 Å². The number of thiazole rings is 1. The lowest BCUT2D eigenvalue weighted by atomic mass is 10.1. The summed E-state index contributed by atoms with van der Waals surface area (Å²) in [4.78, 5) is 5.54. The number of thioether (sulfide) groups is 1. The molecule has 0 atom stereocenters. The average Bonchev–Trinajstić information content (AvgIpc) is 2.52. The third-order valence-electron chi connectivity index (χ3n) is 1.76. The molecule has 0 aliphatic heterocycles. The van der Waals surface area contributed by atoms with Gasteiger partial charge in [0, 0.05) is 22.4 Å². The quantitative estimate of drug-likeness (QED) is 0.790. The summed E-state index contributed by atoms with van der Waals surface area (Å²) in [5.74, 6) is 2.23. The van der Waals surface area contributed by atoms with Gasteiger partial charge in [-0.05, 0) is 26.0 Å². The second kappa shape index (κ2) is 5.14. The largest absolute Gasteiger partial charge is 0.321 e. The zero-order valence-electron chi connectivity index (χ0n) is 9.04. The summed E-state index contributed by atoms with van der Waals surface area (Å²) in [5.41, 5.74) is 5.74. The van der Waals surface area contributed by atoms with Crippen LogP contribution >= 0.6 is 23.1 Å². The Bertz CT molecular complexity index is 276. The number of hydrogen-bond donors (Lipinski definition) is 1. The fraction of sp³-hybridized carbons (Fsp3) is 0.700. The van der Waals surface area contributed by atoms with Crippen molar-refractivity contribution in [2.45, 2.75) is 38.5 Å². The molecule has 0 saturated carbocycles. The van der Waals surface area contributed by atoms with Crippen molar-refractivity contribution in [3.63, 3.8) is 0 Å². The number of nitrogens with zero attached hydrogens (tertiary/aromatic N) is 1. The Morgan fingerprint density at radius 3 is 2.79 bits per heavy atom. The molecule has 0 fully saturated rings. The van der Waals surface area contributed by atoms with E-state index in [1.54, 1.807) is 11.3 Å². The monoisotopic (exact) mass is 230 g/mol. The number of rotatable bonds is 5. The van der Waals surface area contributed by atoms with Crippen molar-refractivity contribution in [1.29, 1.82) is 0 Å². The Morgan fingerprint density at radius 2 is 2.29 bits per heavy atom. The molecule has 0 unspecified atom stereocenters. The highest BCUT2D eigenvalue weighted by Crippen LogP contribution is 2.26. The number of nitrogens with two attached hydrogens (primary N) is 1. The van der Waals surface area contributed by atoms with Crippen molar-refractivity contribution in [1.82, 2.24) is 4.98 Å². The van der Waals surface area contributed by atoms with Gasteiger partial charge in [0.15, 0.2) is 0 Å². The zero-order chi connectivity index (χ0) is 10.6. The molecule has 2 nitrogen and oxygen atoms in total. The molecule has 2 N–H and O–H groups in total. The topological polar surface area (TPSA) is 38.9 Å². The molecule has 0 aromatic carbocycles. The molecule has 1 heterocycles. The van der Waals surface area contributed by atoms with Gasteiger partial charge >= 0.3 is 0 Å². The Hall–Kier alpha value is -0.0600. The van der Waals surface area contributed by atoms with Crippen LogP contribution in [0.15, 0.2) is 6.20 Å². The number of hydrogen-bond acceptors (Lipinski definition) is 4. The van der Waals surface area contributed by atoms with E-state index in [9.17, 15) is 0 Å². The van der Waals surface area contributed by atoms with Gasteiger partial charge in [-0.3, -0.25) is 0 Å². The lowest BCUT2D eigenvalue weighted by molar-refractivity contribution is 0.566. The molecule has 0 bridgehead atoms. The summed E-state index contributed by atoms with van der Waals surface area (Å²) in [6.45, 7) is 6.23. The third-order valence-corrected chi connectivity index (χ3v) is 4.46. The fourth-order valence-corrected chi connectivity index (χ4v) is 2.87. The molecule has 0 aliphatic carbocycles. The predicted octanol–water partition coefficient (Wildman–Crippen LogP) is 2.98. The van der Waals surface area contributed by atoms with Crippen LogP contribution in [0.25, 0.3) is 0 Å². The van der Waals surface area contributed by atoms with Crippen molar-refractivity contribution >= 4 is 23.1 Å². The summed E-state index contributed by atoms with van der Waals surface area (Å²) in [7, 11) is 0. The second-order valence-corrected chi connectivity index (χ2v) is 6.11. The highest BCUT2D eigenvalue weighted by atomic mass is 32.2. The molecule has 0 radical (unpaired) electrons. The molecule has 14 heavy (non-hydrogen) atoms. The lowest BCUT2D eigenvalue weighted by Gasteiger charge is -2.14. The smallest absolute Gasteiger partial charge is 0.103 e. The minimum Gasteiger partial charge on any atom is -0.321 e. The first-order valence-electron chi connectivity index (χ1n) is 4.86. The minimum absolute atomic E-state index is 0.245. The van der Waals surface area contributed by atoms with Crippen molar-refractivity contribution < 1.29 is 0 Å². The minimum atomic E-state index is -0.245. The van der Waals surface area contributed by atoms with Crippen molar-refractivity contribution in [2.24, 2.45) is 5.73 Å². The van der Waals surface area contributed by atoms with Crippen LogP contribution in [0.1, 0.15) is 37.1 Å². The first-order valence-corrected chi connectivity index (χ1v) is 6.83. The maximum atomic E-state index is 5.99. The van der Waals surface area contributed by atoms with Crippen LogP contribution in [0.4, 0.5) is 0 Å². The maximum Gasteiger partial charge on any atom is 0.103 e. The molecule has 1 aromatic heterocycles. The molecule has 0 amide bonds. The zero-order valence-corrected chi connectivity index (χ0v) is 10.7. The molecular formula is C10H18N2S2. The summed E-state index contributed by atoms with van der Waals surface area (Å²) in [5, 5.41) is 1.19. The van der Waals surface area contributed by atoms with E-state index in [4.69, 9.17) is 5.73 Å². The van der Waals surface area contributed by atoms with Crippen LogP contribution in [0.2, 0.25) is 0 Å². The normalized spacial score (nSPS) is 12.0. The van der Waals surface area contributed by atoms with Crippen LogP contribution in [0.5, 0.6) is 0 Å². The van der Waals surface area contributed by atoms with Gasteiger partial charge in [0.05, 0.1) is 0 Å². The van der Waals surface area contributed by atoms with Gasteiger partial charge in [0.1, 0.15) is 5.01 Å². The van der Waals surface area contributed by atoms with Gasteiger partial charge in [-0.2, -0.15) is 11.8 Å². The standard InChI is InChI=1S/C10H18N2S2/c1-4-5-13-7-9-12-6-8(14-9)10(2,3)11/h6H,4-5,7,11H2,1-3H3. The summed E-state index contributed by atoms with van der Waals surface area (Å²) < 4.78 is 0. The van der Waals surface area contributed by atoms with Crippen molar-refractivity contribution in [3.05, 3.63) is 16.1 Å². The van der Waals surface area contributed by atoms with E-state index in [0.717, 1.165) is 5.75 Å². The third kappa shape index (κ3) is 3.59. The SMILES string of the molecule is CCCSCc1ncc(C(C)(C)N)s1. The molecule has 1 rings (SSSR count). The summed E-state index contributed by atoms with van der Waals surface area (Å²) >= 11 is 3.67. The second-order valence-electron chi connectivity index (χ2n) is 3.89. The van der Waals surface area contributed by atoms with Gasteiger partial charge < -0.3 is 5.73 Å². The summed E-state index contributed by atoms with van der Waals surface area (Å²) in [6.07, 6.45) is 3.14. The highest BCUT2D eigenvalue weighted by Gasteiger charge is 2.17. The molecule has 0 aliphatic rings. The van der Waals surface area contributed by atoms with Gasteiger partial charge in [-0.1, -0.05) is 6.92 Å². The van der Waals surface area contributed by atoms with Crippen LogP contribution in [-0.4, -0.2) is 10.7 Å². The molecule has 1 aromatic rings. The Kier molecular flexibility index (Phi) is 4.41.